The van der Waals surface area contributed by atoms with Crippen molar-refractivity contribution in [3.05, 3.63) is 35.9 Å². The largest absolute Gasteiger partial charge is 0.445 e. The molecular formula is C24H33N3O6. The van der Waals surface area contributed by atoms with Crippen molar-refractivity contribution in [3.8, 4) is 0 Å². The number of fused-ring (bicyclic) bond motifs is 2. The van der Waals surface area contributed by atoms with Gasteiger partial charge in [0.2, 0.25) is 0 Å². The maximum Gasteiger partial charge on any atom is 0.410 e. The number of likely N-dealkylation sites (tertiary alicyclic amines) is 1. The Labute approximate surface area is 194 Å². The first-order valence-corrected chi connectivity index (χ1v) is 11.6. The van der Waals surface area contributed by atoms with Crippen molar-refractivity contribution in [2.24, 2.45) is 0 Å². The molecule has 0 saturated carbocycles. The first-order valence-electron chi connectivity index (χ1n) is 11.6. The Bertz CT molecular complexity index is 857. The molecule has 0 aromatic heterocycles. The fourth-order valence-corrected chi connectivity index (χ4v) is 4.68. The maximum absolute atomic E-state index is 13.3. The van der Waals surface area contributed by atoms with Crippen molar-refractivity contribution in [2.75, 3.05) is 32.8 Å². The number of hydrogen-bond acceptors (Lipinski definition) is 6. The summed E-state index contributed by atoms with van der Waals surface area (Å²) in [6.45, 7) is 7.42. The average Bonchev–Trinajstić information content (AvgIpc) is 3.05. The lowest BCUT2D eigenvalue weighted by Crippen LogP contribution is -2.61. The van der Waals surface area contributed by atoms with E-state index in [4.69, 9.17) is 14.2 Å². The molecule has 180 valence electrons. The first kappa shape index (κ1) is 23.4. The summed E-state index contributed by atoms with van der Waals surface area (Å²) < 4.78 is 16.7. The molecule has 2 bridgehead atoms. The lowest BCUT2D eigenvalue weighted by molar-refractivity contribution is -0.154. The zero-order chi connectivity index (χ0) is 23.6. The Morgan fingerprint density at radius 2 is 1.64 bits per heavy atom. The summed E-state index contributed by atoms with van der Waals surface area (Å²) in [5.74, 6) is -0.118. The summed E-state index contributed by atoms with van der Waals surface area (Å²) in [5.41, 5.74) is 0.339. The van der Waals surface area contributed by atoms with Gasteiger partial charge in [-0.05, 0) is 39.2 Å². The second kappa shape index (κ2) is 9.59. The molecule has 3 atom stereocenters. The highest BCUT2D eigenvalue weighted by Gasteiger charge is 2.47. The van der Waals surface area contributed by atoms with Crippen molar-refractivity contribution < 1.29 is 28.6 Å². The molecule has 3 unspecified atom stereocenters. The Morgan fingerprint density at radius 3 is 2.27 bits per heavy atom. The van der Waals surface area contributed by atoms with Crippen molar-refractivity contribution in [1.29, 1.82) is 0 Å². The van der Waals surface area contributed by atoms with E-state index in [9.17, 15) is 14.4 Å². The number of morpholine rings is 1. The van der Waals surface area contributed by atoms with E-state index in [1.54, 1.807) is 4.90 Å². The zero-order valence-electron chi connectivity index (χ0n) is 19.6. The number of rotatable bonds is 3. The maximum atomic E-state index is 13.3. The van der Waals surface area contributed by atoms with Crippen molar-refractivity contribution in [2.45, 2.75) is 64.0 Å². The zero-order valence-corrected chi connectivity index (χ0v) is 19.6. The number of ether oxygens (including phenoxy) is 3. The smallest absolute Gasteiger partial charge is 0.410 e. The molecule has 0 N–H and O–H groups in total. The fourth-order valence-electron chi connectivity index (χ4n) is 4.68. The summed E-state index contributed by atoms with van der Waals surface area (Å²) in [7, 11) is 0. The summed E-state index contributed by atoms with van der Waals surface area (Å²) in [5, 5.41) is 0. The second-order valence-corrected chi connectivity index (χ2v) is 9.86. The molecule has 0 spiro atoms. The monoisotopic (exact) mass is 459 g/mol. The van der Waals surface area contributed by atoms with Crippen LogP contribution in [0.2, 0.25) is 0 Å². The molecular weight excluding hydrogens is 426 g/mol. The van der Waals surface area contributed by atoms with Crippen molar-refractivity contribution >= 4 is 18.1 Å². The van der Waals surface area contributed by atoms with Crippen LogP contribution < -0.4 is 0 Å². The number of benzene rings is 1. The molecule has 3 fully saturated rings. The number of hydrogen-bond donors (Lipinski definition) is 0. The Balaban J connectivity index is 1.32. The first-order chi connectivity index (χ1) is 15.7. The van der Waals surface area contributed by atoms with E-state index >= 15 is 0 Å². The van der Waals surface area contributed by atoms with Crippen LogP contribution in [0.15, 0.2) is 30.3 Å². The third kappa shape index (κ3) is 5.58. The van der Waals surface area contributed by atoms with Crippen LogP contribution in [-0.2, 0) is 25.6 Å². The van der Waals surface area contributed by atoms with Crippen molar-refractivity contribution in [1.82, 2.24) is 14.7 Å². The molecule has 3 aliphatic rings. The SMILES string of the molecule is CC(C)(C)OC(=O)N1CCOC(C(=O)N2C3CCC2CN(C(=O)OCc2ccccc2)C3)C1. The highest BCUT2D eigenvalue weighted by atomic mass is 16.6. The quantitative estimate of drug-likeness (QED) is 0.691. The third-order valence-electron chi connectivity index (χ3n) is 6.19. The minimum absolute atomic E-state index is 0.0685. The lowest BCUT2D eigenvalue weighted by Gasteiger charge is -2.43. The van der Waals surface area contributed by atoms with Gasteiger partial charge in [0, 0.05) is 31.7 Å². The number of carbonyl (C=O) groups is 3. The number of nitrogens with zero attached hydrogens (tertiary/aromatic N) is 3. The van der Waals surface area contributed by atoms with E-state index in [0.29, 0.717) is 19.6 Å². The van der Waals surface area contributed by atoms with Crippen LogP contribution in [0, 0.1) is 0 Å². The molecule has 0 radical (unpaired) electrons. The molecule has 1 aromatic rings. The van der Waals surface area contributed by atoms with Gasteiger partial charge in [-0.15, -0.1) is 0 Å². The van der Waals surface area contributed by atoms with E-state index in [1.807, 2.05) is 56.0 Å². The molecule has 3 heterocycles. The average molecular weight is 460 g/mol. The summed E-state index contributed by atoms with van der Waals surface area (Å²) in [6.07, 6.45) is 0.166. The van der Waals surface area contributed by atoms with Gasteiger partial charge in [-0.25, -0.2) is 9.59 Å². The van der Waals surface area contributed by atoms with E-state index in [-0.39, 0.29) is 43.8 Å². The molecule has 0 aliphatic carbocycles. The van der Waals surface area contributed by atoms with Crippen LogP contribution in [-0.4, -0.2) is 89.4 Å². The molecule has 4 rings (SSSR count). The second-order valence-electron chi connectivity index (χ2n) is 9.86. The minimum atomic E-state index is -0.717. The van der Waals surface area contributed by atoms with Gasteiger partial charge >= 0.3 is 12.2 Å². The summed E-state index contributed by atoms with van der Waals surface area (Å²) >= 11 is 0. The normalized spacial score (nSPS) is 25.1. The molecule has 33 heavy (non-hydrogen) atoms. The highest BCUT2D eigenvalue weighted by Crippen LogP contribution is 2.32. The Hall–Kier alpha value is -2.81. The molecule has 3 saturated heterocycles. The van der Waals surface area contributed by atoms with E-state index in [0.717, 1.165) is 18.4 Å². The number of piperazine rings is 1. The van der Waals surface area contributed by atoms with Crippen LogP contribution in [0.25, 0.3) is 0 Å². The van der Waals surface area contributed by atoms with Gasteiger partial charge in [-0.3, -0.25) is 4.79 Å². The van der Waals surface area contributed by atoms with Crippen molar-refractivity contribution in [3.63, 3.8) is 0 Å². The minimum Gasteiger partial charge on any atom is -0.445 e. The molecule has 3 amide bonds. The van der Waals surface area contributed by atoms with Crippen LogP contribution in [0.3, 0.4) is 0 Å². The van der Waals surface area contributed by atoms with Crippen LogP contribution >= 0.6 is 0 Å². The summed E-state index contributed by atoms with van der Waals surface area (Å²) in [4.78, 5) is 43.5. The van der Waals surface area contributed by atoms with E-state index < -0.39 is 17.8 Å². The van der Waals surface area contributed by atoms with Gasteiger partial charge in [0.05, 0.1) is 13.2 Å². The van der Waals surface area contributed by atoms with Gasteiger partial charge in [0.1, 0.15) is 12.2 Å². The van der Waals surface area contributed by atoms with Gasteiger partial charge in [-0.2, -0.15) is 0 Å². The number of amides is 3. The third-order valence-corrected chi connectivity index (χ3v) is 6.19. The van der Waals surface area contributed by atoms with Crippen LogP contribution in [0.1, 0.15) is 39.2 Å². The Kier molecular flexibility index (Phi) is 6.78. The molecule has 3 aliphatic heterocycles. The van der Waals surface area contributed by atoms with Gasteiger partial charge in [0.25, 0.3) is 5.91 Å². The van der Waals surface area contributed by atoms with E-state index in [1.165, 1.54) is 4.90 Å². The van der Waals surface area contributed by atoms with Crippen LogP contribution in [0.4, 0.5) is 9.59 Å². The highest BCUT2D eigenvalue weighted by molar-refractivity contribution is 5.83. The molecule has 9 nitrogen and oxygen atoms in total. The topological polar surface area (TPSA) is 88.6 Å². The van der Waals surface area contributed by atoms with Gasteiger partial charge in [0.15, 0.2) is 6.10 Å². The van der Waals surface area contributed by atoms with Gasteiger partial charge in [-0.1, -0.05) is 30.3 Å². The number of carbonyl (C=O) groups excluding carboxylic acids is 3. The lowest BCUT2D eigenvalue weighted by atomic mass is 10.1. The summed E-state index contributed by atoms with van der Waals surface area (Å²) in [6, 6.07) is 9.43. The molecule has 9 heteroatoms. The predicted octanol–water partition coefficient (Wildman–Crippen LogP) is 2.63. The fraction of sp³-hybridized carbons (Fsp3) is 0.625. The van der Waals surface area contributed by atoms with Crippen LogP contribution in [0.5, 0.6) is 0 Å². The molecule has 1 aromatic carbocycles. The Morgan fingerprint density at radius 1 is 0.970 bits per heavy atom. The standard InChI is InChI=1S/C24H33N3O6/c1-24(2,3)33-23(30)25-11-12-31-20(15-25)21(28)27-18-9-10-19(27)14-26(13-18)22(29)32-16-17-7-5-4-6-8-17/h4-8,18-20H,9-16H2,1-3H3. The van der Waals surface area contributed by atoms with Gasteiger partial charge < -0.3 is 28.9 Å². The predicted molar refractivity (Wildman–Crippen MR) is 119 cm³/mol. The van der Waals surface area contributed by atoms with E-state index in [2.05, 4.69) is 0 Å².